The van der Waals surface area contributed by atoms with Crippen LogP contribution in [0.5, 0.6) is 0 Å². The molecule has 0 bridgehead atoms. The van der Waals surface area contributed by atoms with Crippen LogP contribution in [0.2, 0.25) is 5.02 Å². The van der Waals surface area contributed by atoms with Gasteiger partial charge in [0.2, 0.25) is 11.8 Å². The van der Waals surface area contributed by atoms with Crippen LogP contribution in [0.4, 0.5) is 5.69 Å². The van der Waals surface area contributed by atoms with Crippen molar-refractivity contribution in [3.05, 3.63) is 57.8 Å². The molecule has 2 rings (SSSR count). The van der Waals surface area contributed by atoms with E-state index >= 15 is 0 Å². The summed E-state index contributed by atoms with van der Waals surface area (Å²) in [7, 11) is 0. The van der Waals surface area contributed by atoms with Crippen LogP contribution in [-0.2, 0) is 14.4 Å². The molecule has 0 unspecified atom stereocenters. The zero-order valence-electron chi connectivity index (χ0n) is 13.1. The molecule has 25 heavy (non-hydrogen) atoms. The molecule has 0 fully saturated rings. The van der Waals surface area contributed by atoms with Crippen molar-refractivity contribution in [1.82, 2.24) is 10.9 Å². The summed E-state index contributed by atoms with van der Waals surface area (Å²) in [5.41, 5.74) is 4.99. The third-order valence-electron chi connectivity index (χ3n) is 2.99. The Morgan fingerprint density at radius 3 is 2.48 bits per heavy atom. The standard InChI is InChI=1S/C17H16ClN3O3S/c18-13-5-1-2-6-14(13)19-15(22)9-10-17(24)21-20-16(23)8-7-12-4-3-11-25-12/h1-8,11H,9-10H2,(H,19,22)(H,20,23)(H,21,24). The van der Waals surface area contributed by atoms with Crippen molar-refractivity contribution in [3.63, 3.8) is 0 Å². The molecule has 8 heteroatoms. The van der Waals surface area contributed by atoms with Gasteiger partial charge in [0.05, 0.1) is 10.7 Å². The number of carbonyl (C=O) groups excluding carboxylic acids is 3. The minimum Gasteiger partial charge on any atom is -0.325 e. The molecule has 0 aliphatic heterocycles. The van der Waals surface area contributed by atoms with Crippen molar-refractivity contribution >= 4 is 52.4 Å². The lowest BCUT2D eigenvalue weighted by atomic mass is 10.2. The van der Waals surface area contributed by atoms with Crippen LogP contribution in [0.1, 0.15) is 17.7 Å². The molecule has 3 amide bonds. The highest BCUT2D eigenvalue weighted by Gasteiger charge is 2.09. The lowest BCUT2D eigenvalue weighted by Gasteiger charge is -2.07. The van der Waals surface area contributed by atoms with Crippen molar-refractivity contribution in [2.24, 2.45) is 0 Å². The largest absolute Gasteiger partial charge is 0.325 e. The van der Waals surface area contributed by atoms with Gasteiger partial charge in [-0.3, -0.25) is 25.2 Å². The van der Waals surface area contributed by atoms with Crippen LogP contribution < -0.4 is 16.2 Å². The second kappa shape index (κ2) is 9.61. The fourth-order valence-electron chi connectivity index (χ4n) is 1.78. The van der Waals surface area contributed by atoms with Gasteiger partial charge in [0.15, 0.2) is 0 Å². The van der Waals surface area contributed by atoms with Gasteiger partial charge in [-0.2, -0.15) is 0 Å². The zero-order chi connectivity index (χ0) is 18.1. The molecule has 3 N–H and O–H groups in total. The normalized spacial score (nSPS) is 10.4. The van der Waals surface area contributed by atoms with E-state index in [1.54, 1.807) is 30.3 Å². The van der Waals surface area contributed by atoms with E-state index in [4.69, 9.17) is 11.6 Å². The van der Waals surface area contributed by atoms with Crippen LogP contribution in [0.25, 0.3) is 6.08 Å². The van der Waals surface area contributed by atoms with Gasteiger partial charge in [0, 0.05) is 23.8 Å². The van der Waals surface area contributed by atoms with Gasteiger partial charge in [-0.15, -0.1) is 11.3 Å². The molecular formula is C17H16ClN3O3S. The minimum absolute atomic E-state index is 0.0298. The molecule has 2 aromatic rings. The third-order valence-corrected chi connectivity index (χ3v) is 4.16. The number of rotatable bonds is 6. The Labute approximate surface area is 153 Å². The van der Waals surface area contributed by atoms with E-state index in [1.165, 1.54) is 17.4 Å². The molecule has 0 atom stereocenters. The molecule has 0 saturated heterocycles. The van der Waals surface area contributed by atoms with Crippen molar-refractivity contribution < 1.29 is 14.4 Å². The van der Waals surface area contributed by atoms with Gasteiger partial charge in [-0.1, -0.05) is 29.8 Å². The van der Waals surface area contributed by atoms with Crippen molar-refractivity contribution in [1.29, 1.82) is 0 Å². The first-order chi connectivity index (χ1) is 12.0. The Hall–Kier alpha value is -2.64. The molecule has 1 aromatic carbocycles. The number of anilines is 1. The first kappa shape index (κ1) is 18.7. The molecule has 0 aliphatic carbocycles. The number of amides is 3. The van der Waals surface area contributed by atoms with Crippen LogP contribution >= 0.6 is 22.9 Å². The van der Waals surface area contributed by atoms with E-state index in [9.17, 15) is 14.4 Å². The second-order valence-electron chi connectivity index (χ2n) is 4.91. The molecule has 0 aliphatic rings. The molecule has 0 saturated carbocycles. The maximum absolute atomic E-state index is 11.8. The predicted octanol–water partition coefficient (Wildman–Crippen LogP) is 2.98. The number of nitrogens with one attached hydrogen (secondary N) is 3. The average Bonchev–Trinajstić information content (AvgIpc) is 3.12. The summed E-state index contributed by atoms with van der Waals surface area (Å²) in [4.78, 5) is 35.9. The summed E-state index contributed by atoms with van der Waals surface area (Å²) in [6.07, 6.45) is 2.86. The molecule has 0 spiro atoms. The van der Waals surface area contributed by atoms with Gasteiger partial charge in [0.25, 0.3) is 5.91 Å². The van der Waals surface area contributed by atoms with Gasteiger partial charge in [-0.05, 0) is 29.7 Å². The molecule has 0 radical (unpaired) electrons. The summed E-state index contributed by atoms with van der Waals surface area (Å²) >= 11 is 7.43. The lowest BCUT2D eigenvalue weighted by Crippen LogP contribution is -2.40. The first-order valence-corrected chi connectivity index (χ1v) is 8.65. The topological polar surface area (TPSA) is 87.3 Å². The Morgan fingerprint density at radius 1 is 1.00 bits per heavy atom. The molecular weight excluding hydrogens is 362 g/mol. The van der Waals surface area contributed by atoms with Crippen molar-refractivity contribution in [2.45, 2.75) is 12.8 Å². The maximum Gasteiger partial charge on any atom is 0.262 e. The Kier molecular flexibility index (Phi) is 7.18. The second-order valence-corrected chi connectivity index (χ2v) is 6.30. The first-order valence-electron chi connectivity index (χ1n) is 7.39. The smallest absolute Gasteiger partial charge is 0.262 e. The maximum atomic E-state index is 11.8. The number of hydrazine groups is 1. The summed E-state index contributed by atoms with van der Waals surface area (Å²) in [5.74, 6) is -1.26. The van der Waals surface area contributed by atoms with E-state index in [0.29, 0.717) is 10.7 Å². The number of benzene rings is 1. The van der Waals surface area contributed by atoms with Crippen LogP contribution in [0.15, 0.2) is 47.9 Å². The van der Waals surface area contributed by atoms with Crippen LogP contribution in [-0.4, -0.2) is 17.7 Å². The fourth-order valence-corrected chi connectivity index (χ4v) is 2.58. The predicted molar refractivity (Wildman–Crippen MR) is 99.0 cm³/mol. The highest BCUT2D eigenvalue weighted by atomic mass is 35.5. The van der Waals surface area contributed by atoms with E-state index in [0.717, 1.165) is 4.88 Å². The number of halogens is 1. The van der Waals surface area contributed by atoms with Crippen LogP contribution in [0, 0.1) is 0 Å². The molecule has 6 nitrogen and oxygen atoms in total. The van der Waals surface area contributed by atoms with E-state index in [-0.39, 0.29) is 18.7 Å². The highest BCUT2D eigenvalue weighted by molar-refractivity contribution is 7.10. The van der Waals surface area contributed by atoms with Gasteiger partial charge in [-0.25, -0.2) is 0 Å². The monoisotopic (exact) mass is 377 g/mol. The average molecular weight is 378 g/mol. The molecule has 1 heterocycles. The number of hydrogen-bond acceptors (Lipinski definition) is 4. The van der Waals surface area contributed by atoms with Gasteiger partial charge >= 0.3 is 0 Å². The molecule has 1 aromatic heterocycles. The van der Waals surface area contributed by atoms with Gasteiger partial charge in [0.1, 0.15) is 0 Å². The third kappa shape index (κ3) is 6.78. The van der Waals surface area contributed by atoms with E-state index in [2.05, 4.69) is 16.2 Å². The Morgan fingerprint density at radius 2 is 1.76 bits per heavy atom. The summed E-state index contributed by atoms with van der Waals surface area (Å²) in [6.45, 7) is 0. The summed E-state index contributed by atoms with van der Waals surface area (Å²) < 4.78 is 0. The number of carbonyl (C=O) groups is 3. The quantitative estimate of drug-likeness (QED) is 0.534. The SMILES string of the molecule is O=C(C=Cc1cccs1)NNC(=O)CCC(=O)Nc1ccccc1Cl. The highest BCUT2D eigenvalue weighted by Crippen LogP contribution is 2.20. The van der Waals surface area contributed by atoms with Gasteiger partial charge < -0.3 is 5.32 Å². The van der Waals surface area contributed by atoms with E-state index in [1.807, 2.05) is 17.5 Å². The summed E-state index contributed by atoms with van der Waals surface area (Å²) in [5, 5.41) is 4.94. The number of thiophene rings is 1. The fraction of sp³-hybridized carbons (Fsp3) is 0.118. The Bertz CT molecular complexity index is 775. The number of hydrogen-bond donors (Lipinski definition) is 3. The zero-order valence-corrected chi connectivity index (χ0v) is 14.7. The van der Waals surface area contributed by atoms with Crippen molar-refractivity contribution in [3.8, 4) is 0 Å². The lowest BCUT2D eigenvalue weighted by molar-refractivity contribution is -0.128. The Balaban J connectivity index is 1.67. The molecule has 130 valence electrons. The van der Waals surface area contributed by atoms with Crippen molar-refractivity contribution in [2.75, 3.05) is 5.32 Å². The van der Waals surface area contributed by atoms with Crippen LogP contribution in [0.3, 0.4) is 0 Å². The minimum atomic E-state index is -0.466. The number of para-hydroxylation sites is 1. The van der Waals surface area contributed by atoms with E-state index < -0.39 is 11.8 Å². The summed E-state index contributed by atoms with van der Waals surface area (Å²) in [6, 6.07) is 10.6.